The van der Waals surface area contributed by atoms with Crippen LogP contribution in [0.15, 0.2) is 16.9 Å². The summed E-state index contributed by atoms with van der Waals surface area (Å²) < 4.78 is 1.20. The number of anilines is 1. The minimum absolute atomic E-state index is 0.225. The predicted octanol–water partition coefficient (Wildman–Crippen LogP) is -1.03. The van der Waals surface area contributed by atoms with Crippen molar-refractivity contribution in [1.29, 1.82) is 0 Å². The van der Waals surface area contributed by atoms with E-state index in [1.807, 2.05) is 0 Å². The average molecular weight is 305 g/mol. The van der Waals surface area contributed by atoms with Gasteiger partial charge in [-0.15, -0.1) is 0 Å². The Labute approximate surface area is 127 Å². The second kappa shape index (κ2) is 5.88. The molecule has 0 radical (unpaired) electrons. The van der Waals surface area contributed by atoms with E-state index >= 15 is 0 Å². The highest BCUT2D eigenvalue weighted by atomic mass is 16.2. The van der Waals surface area contributed by atoms with Crippen molar-refractivity contribution in [2.45, 2.75) is 18.9 Å². The van der Waals surface area contributed by atoms with Gasteiger partial charge in [0.05, 0.1) is 0 Å². The van der Waals surface area contributed by atoms with Crippen LogP contribution >= 0.6 is 0 Å². The van der Waals surface area contributed by atoms with Gasteiger partial charge in [-0.25, -0.2) is 4.68 Å². The molecule has 0 aliphatic carbocycles. The number of piperidine rings is 1. The highest BCUT2D eigenvalue weighted by molar-refractivity contribution is 5.99. The third kappa shape index (κ3) is 2.87. The summed E-state index contributed by atoms with van der Waals surface area (Å²) in [6, 6.07) is 2.41. The molecule has 0 saturated carbocycles. The molecule has 0 bridgehead atoms. The molecule has 22 heavy (non-hydrogen) atoms. The standard InChI is InChI=1S/C14H19N5O3/c1-17-6-8-18(9-7-17)11-3-5-13(21)19(16-11)10-2-4-12(20)15-14(10)22/h3,5,10H,2,4,6-9H2,1H3,(H,15,20,22). The van der Waals surface area contributed by atoms with Gasteiger partial charge >= 0.3 is 0 Å². The topological polar surface area (TPSA) is 87.5 Å². The molecule has 118 valence electrons. The van der Waals surface area contributed by atoms with E-state index in [2.05, 4.69) is 27.3 Å². The lowest BCUT2D eigenvalue weighted by molar-refractivity contribution is -0.136. The Kier molecular flexibility index (Phi) is 3.93. The fourth-order valence-electron chi connectivity index (χ4n) is 2.76. The number of aromatic nitrogens is 2. The molecule has 0 aromatic carbocycles. The Morgan fingerprint density at radius 3 is 2.55 bits per heavy atom. The van der Waals surface area contributed by atoms with Gasteiger partial charge in [-0.1, -0.05) is 0 Å². The lowest BCUT2D eigenvalue weighted by Gasteiger charge is -2.33. The van der Waals surface area contributed by atoms with E-state index < -0.39 is 11.9 Å². The number of nitrogens with one attached hydrogen (secondary N) is 1. The van der Waals surface area contributed by atoms with Gasteiger partial charge in [-0.3, -0.25) is 19.7 Å². The molecule has 2 fully saturated rings. The van der Waals surface area contributed by atoms with Crippen LogP contribution in [-0.2, 0) is 9.59 Å². The Balaban J connectivity index is 1.85. The summed E-state index contributed by atoms with van der Waals surface area (Å²) in [5.74, 6) is -0.0664. The van der Waals surface area contributed by atoms with Crippen molar-refractivity contribution < 1.29 is 9.59 Å². The highest BCUT2D eigenvalue weighted by Gasteiger charge is 2.30. The third-order valence-electron chi connectivity index (χ3n) is 4.14. The highest BCUT2D eigenvalue weighted by Crippen LogP contribution is 2.18. The zero-order valence-corrected chi connectivity index (χ0v) is 12.5. The van der Waals surface area contributed by atoms with Gasteiger partial charge < -0.3 is 9.80 Å². The van der Waals surface area contributed by atoms with Gasteiger partial charge in [0.1, 0.15) is 11.9 Å². The smallest absolute Gasteiger partial charge is 0.267 e. The van der Waals surface area contributed by atoms with E-state index in [-0.39, 0.29) is 17.9 Å². The fourth-order valence-corrected chi connectivity index (χ4v) is 2.76. The number of amides is 2. The summed E-state index contributed by atoms with van der Waals surface area (Å²) in [4.78, 5) is 39.5. The molecule has 1 N–H and O–H groups in total. The van der Waals surface area contributed by atoms with Crippen LogP contribution in [0.25, 0.3) is 0 Å². The molecule has 8 nitrogen and oxygen atoms in total. The summed E-state index contributed by atoms with van der Waals surface area (Å²) in [5.41, 5.74) is -0.327. The summed E-state index contributed by atoms with van der Waals surface area (Å²) in [6.07, 6.45) is 0.535. The van der Waals surface area contributed by atoms with E-state index in [4.69, 9.17) is 0 Å². The Bertz CT molecular complexity index is 648. The molecule has 1 atom stereocenters. The number of imide groups is 1. The minimum atomic E-state index is -0.711. The molecule has 2 amide bonds. The largest absolute Gasteiger partial charge is 0.353 e. The van der Waals surface area contributed by atoms with Gasteiger partial charge in [-0.05, 0) is 19.5 Å². The van der Waals surface area contributed by atoms with E-state index in [0.717, 1.165) is 26.2 Å². The number of hydrogen-bond donors (Lipinski definition) is 1. The van der Waals surface area contributed by atoms with Gasteiger partial charge in [0.15, 0.2) is 0 Å². The second-order valence-electron chi connectivity index (χ2n) is 5.73. The van der Waals surface area contributed by atoms with Crippen molar-refractivity contribution in [1.82, 2.24) is 20.0 Å². The third-order valence-corrected chi connectivity index (χ3v) is 4.14. The SMILES string of the molecule is CN1CCN(c2ccc(=O)n(C3CCC(=O)NC3=O)n2)CC1. The first-order chi connectivity index (χ1) is 10.5. The van der Waals surface area contributed by atoms with Crippen molar-refractivity contribution in [2.24, 2.45) is 0 Å². The number of hydrogen-bond acceptors (Lipinski definition) is 6. The molecule has 1 aromatic rings. The van der Waals surface area contributed by atoms with Crippen LogP contribution in [0, 0.1) is 0 Å². The van der Waals surface area contributed by atoms with Crippen molar-refractivity contribution >= 4 is 17.6 Å². The van der Waals surface area contributed by atoms with Crippen LogP contribution in [0.2, 0.25) is 0 Å². The molecule has 8 heteroatoms. The summed E-state index contributed by atoms with van der Waals surface area (Å²) >= 11 is 0. The molecule has 1 unspecified atom stereocenters. The summed E-state index contributed by atoms with van der Waals surface area (Å²) in [5, 5.41) is 6.62. The molecule has 3 heterocycles. The Morgan fingerprint density at radius 1 is 1.14 bits per heavy atom. The number of likely N-dealkylation sites (N-methyl/N-ethyl adjacent to an activating group) is 1. The first-order valence-corrected chi connectivity index (χ1v) is 7.41. The van der Waals surface area contributed by atoms with E-state index in [9.17, 15) is 14.4 Å². The molecular formula is C14H19N5O3. The maximum Gasteiger partial charge on any atom is 0.267 e. The molecule has 1 aromatic heterocycles. The van der Waals surface area contributed by atoms with Gasteiger partial charge in [-0.2, -0.15) is 5.10 Å². The molecule has 2 aliphatic rings. The van der Waals surface area contributed by atoms with Gasteiger partial charge in [0.25, 0.3) is 11.5 Å². The van der Waals surface area contributed by atoms with Crippen LogP contribution in [-0.4, -0.2) is 59.7 Å². The number of carbonyl (C=O) groups is 2. The number of piperazine rings is 1. The predicted molar refractivity (Wildman–Crippen MR) is 79.6 cm³/mol. The summed E-state index contributed by atoms with van der Waals surface area (Å²) in [6.45, 7) is 3.52. The number of nitrogens with zero attached hydrogens (tertiary/aromatic N) is 4. The van der Waals surface area contributed by atoms with E-state index in [1.165, 1.54) is 10.7 Å². The molecular weight excluding hydrogens is 286 g/mol. The zero-order chi connectivity index (χ0) is 15.7. The van der Waals surface area contributed by atoms with Crippen molar-refractivity contribution in [3.8, 4) is 0 Å². The van der Waals surface area contributed by atoms with E-state index in [1.54, 1.807) is 6.07 Å². The first kappa shape index (κ1) is 14.7. The first-order valence-electron chi connectivity index (χ1n) is 7.41. The van der Waals surface area contributed by atoms with Gasteiger partial charge in [0.2, 0.25) is 5.91 Å². The van der Waals surface area contributed by atoms with Crippen molar-refractivity contribution in [3.05, 3.63) is 22.5 Å². The Hall–Kier alpha value is -2.22. The quantitative estimate of drug-likeness (QED) is 0.703. The van der Waals surface area contributed by atoms with Crippen molar-refractivity contribution in [2.75, 3.05) is 38.1 Å². The number of rotatable bonds is 2. The maximum absolute atomic E-state index is 12.0. The van der Waals surface area contributed by atoms with Crippen LogP contribution in [0.4, 0.5) is 5.82 Å². The molecule has 3 rings (SSSR count). The molecule has 2 saturated heterocycles. The maximum atomic E-state index is 12.0. The van der Waals surface area contributed by atoms with Crippen molar-refractivity contribution in [3.63, 3.8) is 0 Å². The minimum Gasteiger partial charge on any atom is -0.353 e. The van der Waals surface area contributed by atoms with Gasteiger partial charge in [0, 0.05) is 38.7 Å². The average Bonchev–Trinajstić information content (AvgIpc) is 2.49. The van der Waals surface area contributed by atoms with Crippen LogP contribution in [0.1, 0.15) is 18.9 Å². The summed E-state index contributed by atoms with van der Waals surface area (Å²) in [7, 11) is 2.06. The van der Waals surface area contributed by atoms with E-state index in [0.29, 0.717) is 12.2 Å². The lowest BCUT2D eigenvalue weighted by atomic mass is 10.1. The second-order valence-corrected chi connectivity index (χ2v) is 5.73. The van der Waals surface area contributed by atoms with Crippen LogP contribution in [0.3, 0.4) is 0 Å². The van der Waals surface area contributed by atoms with Crippen LogP contribution < -0.4 is 15.8 Å². The lowest BCUT2D eigenvalue weighted by Crippen LogP contribution is -2.47. The number of carbonyl (C=O) groups excluding carboxylic acids is 2. The Morgan fingerprint density at radius 2 is 1.86 bits per heavy atom. The fraction of sp³-hybridized carbons (Fsp3) is 0.571. The van der Waals surface area contributed by atoms with Crippen LogP contribution in [0.5, 0.6) is 0 Å². The molecule has 2 aliphatic heterocycles. The molecule has 0 spiro atoms. The monoisotopic (exact) mass is 305 g/mol. The zero-order valence-electron chi connectivity index (χ0n) is 12.5. The normalized spacial score (nSPS) is 23.5.